The minimum absolute atomic E-state index is 0.111. The molecule has 0 fully saturated rings. The van der Waals surface area contributed by atoms with Gasteiger partial charge in [0.1, 0.15) is 11.4 Å². The van der Waals surface area contributed by atoms with E-state index in [2.05, 4.69) is 5.32 Å². The fourth-order valence-corrected chi connectivity index (χ4v) is 2.56. The third-order valence-electron chi connectivity index (χ3n) is 2.93. The Morgan fingerprint density at radius 2 is 2.24 bits per heavy atom. The first-order valence-electron chi connectivity index (χ1n) is 6.45. The van der Waals surface area contributed by atoms with Gasteiger partial charge in [-0.05, 0) is 42.1 Å². The van der Waals surface area contributed by atoms with Crippen LogP contribution in [-0.2, 0) is 10.4 Å². The van der Waals surface area contributed by atoms with Gasteiger partial charge in [-0.3, -0.25) is 4.79 Å². The van der Waals surface area contributed by atoms with Crippen LogP contribution in [0.5, 0.6) is 0 Å². The maximum Gasteiger partial charge on any atom is 0.244 e. The van der Waals surface area contributed by atoms with Crippen molar-refractivity contribution in [3.8, 4) is 0 Å². The summed E-state index contributed by atoms with van der Waals surface area (Å²) in [5.41, 5.74) is -0.494. The highest BCUT2D eigenvalue weighted by atomic mass is 32.1. The van der Waals surface area contributed by atoms with E-state index in [9.17, 15) is 14.3 Å². The molecule has 0 radical (unpaired) electrons. The maximum atomic E-state index is 13.0. The Hall–Kier alpha value is -1.98. The zero-order valence-corrected chi connectivity index (χ0v) is 12.4. The van der Waals surface area contributed by atoms with E-state index in [1.165, 1.54) is 35.6 Å². The molecule has 1 aromatic heterocycles. The van der Waals surface area contributed by atoms with Crippen LogP contribution in [0.3, 0.4) is 0 Å². The van der Waals surface area contributed by atoms with E-state index in [-0.39, 0.29) is 18.3 Å². The van der Waals surface area contributed by atoms with Gasteiger partial charge in [-0.15, -0.1) is 11.3 Å². The Morgan fingerprint density at radius 1 is 1.43 bits per heavy atom. The standard InChI is InChI=1S/C16H16FNO2S/c1-16(20,14-6-3-9-21-14)11-18-15(19)8-7-12-4-2-5-13(17)10-12/h2-10,20H,11H2,1H3,(H,18,19)/b8-7+/t16-/m1/s1. The van der Waals surface area contributed by atoms with Crippen LogP contribution in [0.2, 0.25) is 0 Å². The molecule has 0 aliphatic rings. The van der Waals surface area contributed by atoms with Gasteiger partial charge in [0.2, 0.25) is 5.91 Å². The topological polar surface area (TPSA) is 49.3 Å². The van der Waals surface area contributed by atoms with Crippen LogP contribution in [0.25, 0.3) is 6.08 Å². The molecule has 110 valence electrons. The molecule has 21 heavy (non-hydrogen) atoms. The third kappa shape index (κ3) is 4.51. The maximum absolute atomic E-state index is 13.0. The van der Waals surface area contributed by atoms with Crippen LogP contribution >= 0.6 is 11.3 Å². The zero-order chi connectivity index (χ0) is 15.3. The molecule has 5 heteroatoms. The number of nitrogens with one attached hydrogen (secondary N) is 1. The van der Waals surface area contributed by atoms with Crippen molar-refractivity contribution in [3.05, 3.63) is 64.1 Å². The summed E-state index contributed by atoms with van der Waals surface area (Å²) in [7, 11) is 0. The molecule has 1 heterocycles. The number of halogens is 1. The number of carbonyl (C=O) groups is 1. The number of hydrogen-bond donors (Lipinski definition) is 2. The van der Waals surface area contributed by atoms with Gasteiger partial charge in [-0.1, -0.05) is 18.2 Å². The van der Waals surface area contributed by atoms with E-state index < -0.39 is 5.60 Å². The first-order chi connectivity index (χ1) is 9.97. The number of hydrogen-bond acceptors (Lipinski definition) is 3. The number of aliphatic hydroxyl groups is 1. The van der Waals surface area contributed by atoms with Gasteiger partial charge in [0.05, 0.1) is 6.54 Å². The smallest absolute Gasteiger partial charge is 0.244 e. The predicted molar refractivity (Wildman–Crippen MR) is 82.3 cm³/mol. The second-order valence-corrected chi connectivity index (χ2v) is 5.80. The summed E-state index contributed by atoms with van der Waals surface area (Å²) >= 11 is 1.43. The second kappa shape index (κ2) is 6.65. The first kappa shape index (κ1) is 15.4. The molecule has 0 aliphatic carbocycles. The summed E-state index contributed by atoms with van der Waals surface area (Å²) in [6.07, 6.45) is 2.84. The zero-order valence-electron chi connectivity index (χ0n) is 11.5. The van der Waals surface area contributed by atoms with Crippen molar-refractivity contribution in [1.29, 1.82) is 0 Å². The molecule has 1 amide bonds. The van der Waals surface area contributed by atoms with Crippen molar-refractivity contribution < 1.29 is 14.3 Å². The van der Waals surface area contributed by atoms with Crippen molar-refractivity contribution >= 4 is 23.3 Å². The van der Waals surface area contributed by atoms with E-state index in [0.717, 1.165) is 4.88 Å². The van der Waals surface area contributed by atoms with Gasteiger partial charge in [0, 0.05) is 11.0 Å². The molecule has 3 nitrogen and oxygen atoms in total. The largest absolute Gasteiger partial charge is 0.383 e. The van der Waals surface area contributed by atoms with E-state index in [0.29, 0.717) is 5.56 Å². The van der Waals surface area contributed by atoms with Crippen LogP contribution in [0.15, 0.2) is 47.9 Å². The van der Waals surface area contributed by atoms with Gasteiger partial charge >= 0.3 is 0 Å². The van der Waals surface area contributed by atoms with Crippen molar-refractivity contribution in [2.24, 2.45) is 0 Å². The van der Waals surface area contributed by atoms with Gasteiger partial charge in [0.15, 0.2) is 0 Å². The lowest BCUT2D eigenvalue weighted by atomic mass is 10.1. The summed E-state index contributed by atoms with van der Waals surface area (Å²) in [6, 6.07) is 9.63. The minimum Gasteiger partial charge on any atom is -0.383 e. The minimum atomic E-state index is -1.10. The van der Waals surface area contributed by atoms with E-state index in [1.807, 2.05) is 17.5 Å². The highest BCUT2D eigenvalue weighted by Gasteiger charge is 2.24. The molecular weight excluding hydrogens is 289 g/mol. The van der Waals surface area contributed by atoms with Gasteiger partial charge in [-0.25, -0.2) is 4.39 Å². The summed E-state index contributed by atoms with van der Waals surface area (Å²) < 4.78 is 13.0. The third-order valence-corrected chi connectivity index (χ3v) is 4.06. The van der Waals surface area contributed by atoms with Gasteiger partial charge in [-0.2, -0.15) is 0 Å². The average Bonchev–Trinajstić information content (AvgIpc) is 2.98. The van der Waals surface area contributed by atoms with Gasteiger partial charge < -0.3 is 10.4 Å². The van der Waals surface area contributed by atoms with Crippen molar-refractivity contribution in [3.63, 3.8) is 0 Å². The van der Waals surface area contributed by atoms with Crippen LogP contribution in [0.1, 0.15) is 17.4 Å². The molecule has 2 aromatic rings. The number of rotatable bonds is 5. The lowest BCUT2D eigenvalue weighted by Gasteiger charge is -2.21. The Labute approximate surface area is 126 Å². The Morgan fingerprint density at radius 3 is 2.90 bits per heavy atom. The predicted octanol–water partition coefficient (Wildman–Crippen LogP) is 2.92. The first-order valence-corrected chi connectivity index (χ1v) is 7.33. The highest BCUT2D eigenvalue weighted by molar-refractivity contribution is 7.10. The van der Waals surface area contributed by atoms with E-state index in [4.69, 9.17) is 0 Å². The van der Waals surface area contributed by atoms with Crippen molar-refractivity contribution in [1.82, 2.24) is 5.32 Å². The molecule has 0 aliphatic heterocycles. The Bertz CT molecular complexity index is 635. The summed E-state index contributed by atoms with van der Waals surface area (Å²) in [6.45, 7) is 1.76. The Balaban J connectivity index is 1.90. The molecule has 1 aromatic carbocycles. The molecule has 0 bridgehead atoms. The van der Waals surface area contributed by atoms with Gasteiger partial charge in [0.25, 0.3) is 0 Å². The molecular formula is C16H16FNO2S. The van der Waals surface area contributed by atoms with Crippen molar-refractivity contribution in [2.75, 3.05) is 6.54 Å². The van der Waals surface area contributed by atoms with Crippen LogP contribution in [0, 0.1) is 5.82 Å². The lowest BCUT2D eigenvalue weighted by molar-refractivity contribution is -0.117. The fraction of sp³-hybridized carbons (Fsp3) is 0.188. The summed E-state index contributed by atoms with van der Waals surface area (Å²) in [4.78, 5) is 12.5. The molecule has 0 unspecified atom stereocenters. The number of amides is 1. The van der Waals surface area contributed by atoms with Crippen LogP contribution in [-0.4, -0.2) is 17.6 Å². The molecule has 0 spiro atoms. The normalized spacial score (nSPS) is 14.0. The van der Waals surface area contributed by atoms with Crippen LogP contribution in [0.4, 0.5) is 4.39 Å². The summed E-state index contributed by atoms with van der Waals surface area (Å²) in [5, 5.41) is 14.8. The monoisotopic (exact) mass is 305 g/mol. The molecule has 0 saturated heterocycles. The lowest BCUT2D eigenvalue weighted by Crippen LogP contribution is -2.37. The molecule has 1 atom stereocenters. The quantitative estimate of drug-likeness (QED) is 0.835. The molecule has 2 N–H and O–H groups in total. The molecule has 0 saturated carbocycles. The SMILES string of the molecule is C[C@@](O)(CNC(=O)/C=C/c1cccc(F)c1)c1cccs1. The fourth-order valence-electron chi connectivity index (χ4n) is 1.77. The Kier molecular flexibility index (Phi) is 4.88. The van der Waals surface area contributed by atoms with Crippen LogP contribution < -0.4 is 5.32 Å². The van der Waals surface area contributed by atoms with Crippen molar-refractivity contribution in [2.45, 2.75) is 12.5 Å². The number of carbonyl (C=O) groups excluding carboxylic acids is 1. The van der Waals surface area contributed by atoms with E-state index >= 15 is 0 Å². The highest BCUT2D eigenvalue weighted by Crippen LogP contribution is 2.24. The number of thiophene rings is 1. The number of benzene rings is 1. The van der Waals surface area contributed by atoms with E-state index in [1.54, 1.807) is 19.1 Å². The summed E-state index contributed by atoms with van der Waals surface area (Å²) in [5.74, 6) is -0.686. The molecule has 2 rings (SSSR count). The second-order valence-electron chi connectivity index (χ2n) is 4.86. The average molecular weight is 305 g/mol.